The van der Waals surface area contributed by atoms with Gasteiger partial charge in [0.15, 0.2) is 0 Å². The Hall–Kier alpha value is -0.900. The number of nitrogens with zero attached hydrogens (tertiary/aromatic N) is 1. The van der Waals surface area contributed by atoms with Crippen molar-refractivity contribution in [3.05, 3.63) is 35.4 Å². The highest BCUT2D eigenvalue weighted by molar-refractivity contribution is 5.37. The fourth-order valence-electron chi connectivity index (χ4n) is 3.19. The predicted molar refractivity (Wildman–Crippen MR) is 67.5 cm³/mol. The van der Waals surface area contributed by atoms with Gasteiger partial charge in [0.05, 0.1) is 6.10 Å². The molecule has 3 N–H and O–H groups in total. The molecule has 2 unspecified atom stereocenters. The van der Waals surface area contributed by atoms with Gasteiger partial charge in [0.25, 0.3) is 0 Å². The van der Waals surface area contributed by atoms with Crippen molar-refractivity contribution in [2.45, 2.75) is 37.5 Å². The van der Waals surface area contributed by atoms with Crippen molar-refractivity contribution in [3.63, 3.8) is 0 Å². The first-order valence-corrected chi connectivity index (χ1v) is 6.52. The van der Waals surface area contributed by atoms with Gasteiger partial charge in [0.2, 0.25) is 0 Å². The lowest BCUT2D eigenvalue weighted by atomic mass is 10.0. The van der Waals surface area contributed by atoms with E-state index in [2.05, 4.69) is 29.2 Å². The quantitative estimate of drug-likeness (QED) is 0.773. The van der Waals surface area contributed by atoms with Gasteiger partial charge in [-0.3, -0.25) is 4.90 Å². The first-order valence-electron chi connectivity index (χ1n) is 6.52. The Morgan fingerprint density at radius 3 is 2.47 bits per heavy atom. The van der Waals surface area contributed by atoms with Crippen molar-refractivity contribution < 1.29 is 5.11 Å². The maximum Gasteiger partial charge on any atom is 0.0564 e. The highest BCUT2D eigenvalue weighted by Crippen LogP contribution is 2.41. The summed E-state index contributed by atoms with van der Waals surface area (Å²) in [4.78, 5) is 2.48. The molecule has 1 heterocycles. The van der Waals surface area contributed by atoms with E-state index in [1.807, 2.05) is 0 Å². The number of hydrogen-bond donors (Lipinski definition) is 2. The van der Waals surface area contributed by atoms with E-state index in [1.165, 1.54) is 11.1 Å². The minimum Gasteiger partial charge on any atom is -0.393 e. The first-order chi connectivity index (χ1) is 8.25. The molecule has 1 aromatic carbocycles. The molecule has 17 heavy (non-hydrogen) atoms. The summed E-state index contributed by atoms with van der Waals surface area (Å²) in [6.07, 6.45) is 2.72. The Labute approximate surface area is 102 Å². The minimum atomic E-state index is -0.100. The van der Waals surface area contributed by atoms with E-state index in [0.717, 1.165) is 32.4 Å². The number of nitrogens with two attached hydrogens (primary N) is 1. The molecule has 0 bridgehead atoms. The third-order valence-corrected chi connectivity index (χ3v) is 4.17. The number of fused-ring (bicyclic) bond motifs is 1. The fourth-order valence-corrected chi connectivity index (χ4v) is 3.19. The number of likely N-dealkylation sites (tertiary alicyclic amines) is 1. The van der Waals surface area contributed by atoms with Gasteiger partial charge < -0.3 is 10.8 Å². The number of hydrogen-bond acceptors (Lipinski definition) is 3. The van der Waals surface area contributed by atoms with Crippen molar-refractivity contribution in [1.82, 2.24) is 4.90 Å². The van der Waals surface area contributed by atoms with Gasteiger partial charge in [-0.25, -0.2) is 0 Å². The van der Waals surface area contributed by atoms with Crippen LogP contribution >= 0.6 is 0 Å². The summed E-state index contributed by atoms with van der Waals surface area (Å²) in [5, 5.41) is 9.57. The largest absolute Gasteiger partial charge is 0.393 e. The molecule has 2 atom stereocenters. The summed E-state index contributed by atoms with van der Waals surface area (Å²) in [5.74, 6) is 0. The summed E-state index contributed by atoms with van der Waals surface area (Å²) in [6.45, 7) is 1.99. The van der Waals surface area contributed by atoms with Crippen LogP contribution in [0.15, 0.2) is 24.3 Å². The Balaban J connectivity index is 1.82. The molecule has 1 aliphatic carbocycles. The van der Waals surface area contributed by atoms with E-state index in [1.54, 1.807) is 0 Å². The molecule has 92 valence electrons. The summed E-state index contributed by atoms with van der Waals surface area (Å²) in [7, 11) is 0. The average molecular weight is 232 g/mol. The lowest BCUT2D eigenvalue weighted by Gasteiger charge is -2.34. The molecule has 1 saturated heterocycles. The van der Waals surface area contributed by atoms with E-state index in [4.69, 9.17) is 5.73 Å². The van der Waals surface area contributed by atoms with Crippen LogP contribution in [0.2, 0.25) is 0 Å². The molecule has 0 saturated carbocycles. The lowest BCUT2D eigenvalue weighted by Crippen LogP contribution is -2.38. The van der Waals surface area contributed by atoms with Crippen LogP contribution in [0.3, 0.4) is 0 Å². The van der Waals surface area contributed by atoms with Crippen molar-refractivity contribution in [2.75, 3.05) is 13.1 Å². The third kappa shape index (κ3) is 1.99. The molecule has 1 aromatic rings. The molecule has 0 spiro atoms. The van der Waals surface area contributed by atoms with E-state index >= 15 is 0 Å². The molecular formula is C14H20N2O. The minimum absolute atomic E-state index is 0.100. The van der Waals surface area contributed by atoms with Gasteiger partial charge in [-0.15, -0.1) is 0 Å². The molecule has 0 aromatic heterocycles. The van der Waals surface area contributed by atoms with Crippen LogP contribution in [0.4, 0.5) is 0 Å². The van der Waals surface area contributed by atoms with Gasteiger partial charge in [0.1, 0.15) is 0 Å². The second kappa shape index (κ2) is 4.41. The zero-order valence-electron chi connectivity index (χ0n) is 10.0. The first kappa shape index (κ1) is 11.2. The Morgan fingerprint density at radius 1 is 1.12 bits per heavy atom. The van der Waals surface area contributed by atoms with Crippen LogP contribution in [0.1, 0.15) is 42.5 Å². The molecule has 3 nitrogen and oxygen atoms in total. The summed E-state index contributed by atoms with van der Waals surface area (Å²) >= 11 is 0. The molecule has 0 amide bonds. The number of benzene rings is 1. The Morgan fingerprint density at radius 2 is 1.76 bits per heavy atom. The predicted octanol–water partition coefficient (Wildman–Crippen LogP) is 1.59. The van der Waals surface area contributed by atoms with Gasteiger partial charge >= 0.3 is 0 Å². The zero-order valence-corrected chi connectivity index (χ0v) is 10.0. The zero-order chi connectivity index (χ0) is 11.8. The van der Waals surface area contributed by atoms with Crippen LogP contribution < -0.4 is 5.73 Å². The summed E-state index contributed by atoms with van der Waals surface area (Å²) in [5.41, 5.74) is 8.90. The molecular weight excluding hydrogens is 212 g/mol. The Kier molecular flexibility index (Phi) is 2.90. The summed E-state index contributed by atoms with van der Waals surface area (Å²) < 4.78 is 0. The third-order valence-electron chi connectivity index (χ3n) is 4.17. The lowest BCUT2D eigenvalue weighted by molar-refractivity contribution is 0.0595. The van der Waals surface area contributed by atoms with E-state index < -0.39 is 0 Å². The molecule has 3 rings (SSSR count). The fraction of sp³-hybridized carbons (Fsp3) is 0.571. The summed E-state index contributed by atoms with van der Waals surface area (Å²) in [6, 6.07) is 9.18. The Bertz CT molecular complexity index is 399. The standard InChI is InChI=1S/C14H20N2O/c15-13-9-14(12-4-2-1-3-11(12)13)16-7-5-10(17)6-8-16/h1-4,10,13-14,17H,5-9,15H2. The molecule has 1 fully saturated rings. The number of aliphatic hydroxyl groups is 1. The molecule has 1 aliphatic heterocycles. The maximum absolute atomic E-state index is 9.57. The second-order valence-electron chi connectivity index (χ2n) is 5.25. The normalized spacial score (nSPS) is 30.5. The van der Waals surface area contributed by atoms with Crippen LogP contribution in [0.25, 0.3) is 0 Å². The van der Waals surface area contributed by atoms with Crippen molar-refractivity contribution in [3.8, 4) is 0 Å². The highest BCUT2D eigenvalue weighted by atomic mass is 16.3. The van der Waals surface area contributed by atoms with E-state index in [0.29, 0.717) is 6.04 Å². The van der Waals surface area contributed by atoms with Gasteiger partial charge in [-0.2, -0.15) is 0 Å². The number of rotatable bonds is 1. The maximum atomic E-state index is 9.57. The topological polar surface area (TPSA) is 49.5 Å². The van der Waals surface area contributed by atoms with Gasteiger partial charge in [-0.1, -0.05) is 24.3 Å². The van der Waals surface area contributed by atoms with E-state index in [9.17, 15) is 5.11 Å². The number of aliphatic hydroxyl groups excluding tert-OH is 1. The average Bonchev–Trinajstić information content (AvgIpc) is 2.69. The monoisotopic (exact) mass is 232 g/mol. The van der Waals surface area contributed by atoms with Crippen LogP contribution in [-0.4, -0.2) is 29.2 Å². The number of piperidine rings is 1. The molecule has 0 radical (unpaired) electrons. The molecule has 2 aliphatic rings. The second-order valence-corrected chi connectivity index (χ2v) is 5.25. The molecule has 3 heteroatoms. The van der Waals surface area contributed by atoms with E-state index in [-0.39, 0.29) is 12.1 Å². The van der Waals surface area contributed by atoms with Crippen LogP contribution in [0, 0.1) is 0 Å². The highest BCUT2D eigenvalue weighted by Gasteiger charge is 2.33. The van der Waals surface area contributed by atoms with Crippen molar-refractivity contribution >= 4 is 0 Å². The van der Waals surface area contributed by atoms with Gasteiger partial charge in [0, 0.05) is 25.2 Å². The smallest absolute Gasteiger partial charge is 0.0564 e. The van der Waals surface area contributed by atoms with Crippen molar-refractivity contribution in [1.29, 1.82) is 0 Å². The van der Waals surface area contributed by atoms with Crippen LogP contribution in [0.5, 0.6) is 0 Å². The van der Waals surface area contributed by atoms with Crippen LogP contribution in [-0.2, 0) is 0 Å². The SMILES string of the molecule is NC1CC(N2CCC(O)CC2)c2ccccc21. The van der Waals surface area contributed by atoms with Gasteiger partial charge in [-0.05, 0) is 30.4 Å². The van der Waals surface area contributed by atoms with Crippen molar-refractivity contribution in [2.24, 2.45) is 5.73 Å².